The number of pyridine rings is 1. The SMILES string of the molecule is CCC(C)(C)c1ccc(-n2c(-c3cc(C(C)(C)C)cc(C)c3O)nc3c(-c4cc(-c5cc(-c6ccccc6)ccn5)cc(C(C)(C)C)c4)cccc32)c(-c2ccccc2)c1. The highest BCUT2D eigenvalue weighted by Gasteiger charge is 2.27. The van der Waals surface area contributed by atoms with E-state index in [0.717, 1.165) is 78.9 Å². The second kappa shape index (κ2) is 15.4. The van der Waals surface area contributed by atoms with Crippen LogP contribution in [0.5, 0.6) is 5.75 Å². The second-order valence-electron chi connectivity index (χ2n) is 19.1. The minimum Gasteiger partial charge on any atom is -0.507 e. The van der Waals surface area contributed by atoms with Crippen LogP contribution in [0, 0.1) is 6.92 Å². The lowest BCUT2D eigenvalue weighted by Gasteiger charge is -2.26. The number of aromatic hydroxyl groups is 1. The van der Waals surface area contributed by atoms with E-state index in [1.54, 1.807) is 0 Å². The van der Waals surface area contributed by atoms with E-state index in [0.29, 0.717) is 11.4 Å². The summed E-state index contributed by atoms with van der Waals surface area (Å²) in [5.74, 6) is 0.945. The molecule has 0 aliphatic carbocycles. The van der Waals surface area contributed by atoms with E-state index in [4.69, 9.17) is 9.97 Å². The van der Waals surface area contributed by atoms with Gasteiger partial charge >= 0.3 is 0 Å². The van der Waals surface area contributed by atoms with E-state index in [-0.39, 0.29) is 22.0 Å². The van der Waals surface area contributed by atoms with Crippen LogP contribution in [0.3, 0.4) is 0 Å². The first-order chi connectivity index (χ1) is 28.5. The largest absolute Gasteiger partial charge is 0.507 e. The highest BCUT2D eigenvalue weighted by Crippen LogP contribution is 2.44. The van der Waals surface area contributed by atoms with Gasteiger partial charge in [0.1, 0.15) is 11.6 Å². The number of benzene rings is 6. The molecule has 0 fully saturated rings. The molecule has 0 saturated heterocycles. The average molecular weight is 788 g/mol. The molecular weight excluding hydrogens is 731 g/mol. The Kier molecular flexibility index (Phi) is 10.4. The van der Waals surface area contributed by atoms with Gasteiger partial charge in [-0.25, -0.2) is 4.98 Å². The van der Waals surface area contributed by atoms with Crippen molar-refractivity contribution in [1.29, 1.82) is 0 Å². The molecule has 2 aromatic heterocycles. The number of fused-ring (bicyclic) bond motifs is 1. The number of para-hydroxylation sites is 1. The summed E-state index contributed by atoms with van der Waals surface area (Å²) in [5, 5.41) is 12.0. The minimum atomic E-state index is -0.145. The van der Waals surface area contributed by atoms with Crippen molar-refractivity contribution < 1.29 is 5.11 Å². The Hall–Kier alpha value is -6.26. The number of phenols is 1. The molecule has 0 atom stereocenters. The van der Waals surface area contributed by atoms with Crippen LogP contribution in [-0.2, 0) is 16.2 Å². The van der Waals surface area contributed by atoms with Gasteiger partial charge in [0.25, 0.3) is 0 Å². The first kappa shape index (κ1) is 40.5. The minimum absolute atomic E-state index is 0.0171. The Morgan fingerprint density at radius 3 is 1.83 bits per heavy atom. The van der Waals surface area contributed by atoms with Crippen LogP contribution in [0.2, 0.25) is 0 Å². The summed E-state index contributed by atoms with van der Waals surface area (Å²) in [6, 6.07) is 49.9. The van der Waals surface area contributed by atoms with Crippen LogP contribution >= 0.6 is 0 Å². The number of hydrogen-bond acceptors (Lipinski definition) is 3. The average Bonchev–Trinajstić information content (AvgIpc) is 3.63. The predicted octanol–water partition coefficient (Wildman–Crippen LogP) is 15.1. The van der Waals surface area contributed by atoms with Crippen molar-refractivity contribution in [3.05, 3.63) is 168 Å². The normalized spacial score (nSPS) is 12.3. The predicted molar refractivity (Wildman–Crippen MR) is 253 cm³/mol. The molecule has 0 bridgehead atoms. The van der Waals surface area contributed by atoms with E-state index in [1.807, 2.05) is 19.2 Å². The monoisotopic (exact) mass is 787 g/mol. The molecule has 8 aromatic rings. The third-order valence-corrected chi connectivity index (χ3v) is 12.4. The summed E-state index contributed by atoms with van der Waals surface area (Å²) in [4.78, 5) is 10.5. The lowest BCUT2D eigenvalue weighted by atomic mass is 9.81. The zero-order chi connectivity index (χ0) is 42.6. The molecule has 6 aromatic carbocycles. The molecule has 0 amide bonds. The molecule has 0 unspecified atom stereocenters. The number of aryl methyl sites for hydroxylation is 1. The van der Waals surface area contributed by atoms with E-state index < -0.39 is 0 Å². The van der Waals surface area contributed by atoms with Gasteiger partial charge in [0.05, 0.1) is 28.0 Å². The maximum atomic E-state index is 12.0. The first-order valence-corrected chi connectivity index (χ1v) is 21.3. The second-order valence-corrected chi connectivity index (χ2v) is 19.1. The van der Waals surface area contributed by atoms with Gasteiger partial charge in [0.15, 0.2) is 0 Å². The zero-order valence-electron chi connectivity index (χ0n) is 36.9. The molecule has 302 valence electrons. The number of aromatic nitrogens is 3. The van der Waals surface area contributed by atoms with Crippen molar-refractivity contribution in [3.8, 4) is 67.5 Å². The lowest BCUT2D eigenvalue weighted by Crippen LogP contribution is -2.16. The third-order valence-electron chi connectivity index (χ3n) is 12.4. The van der Waals surface area contributed by atoms with Crippen molar-refractivity contribution in [2.24, 2.45) is 0 Å². The molecule has 2 heterocycles. The van der Waals surface area contributed by atoms with Crippen LogP contribution in [0.1, 0.15) is 91.0 Å². The smallest absolute Gasteiger partial charge is 0.149 e. The molecule has 4 nitrogen and oxygen atoms in total. The van der Waals surface area contributed by atoms with Crippen LogP contribution < -0.4 is 0 Å². The summed E-state index contributed by atoms with van der Waals surface area (Å²) >= 11 is 0. The zero-order valence-corrected chi connectivity index (χ0v) is 36.9. The summed E-state index contributed by atoms with van der Waals surface area (Å²) < 4.78 is 2.28. The Morgan fingerprint density at radius 2 is 1.17 bits per heavy atom. The van der Waals surface area contributed by atoms with Gasteiger partial charge in [-0.2, -0.15) is 0 Å². The number of phenolic OH excluding ortho intramolecular Hbond substituents is 1. The van der Waals surface area contributed by atoms with Gasteiger partial charge in [0, 0.05) is 22.9 Å². The molecule has 0 radical (unpaired) electrons. The highest BCUT2D eigenvalue weighted by molar-refractivity contribution is 5.98. The Labute approximate surface area is 356 Å². The molecule has 1 N–H and O–H groups in total. The molecule has 0 spiro atoms. The summed E-state index contributed by atoms with van der Waals surface area (Å²) in [7, 11) is 0. The Bertz CT molecular complexity index is 2850. The van der Waals surface area contributed by atoms with Crippen molar-refractivity contribution in [2.45, 2.75) is 91.9 Å². The first-order valence-electron chi connectivity index (χ1n) is 21.3. The maximum Gasteiger partial charge on any atom is 0.149 e. The van der Waals surface area contributed by atoms with E-state index in [2.05, 4.69) is 200 Å². The number of hydrogen-bond donors (Lipinski definition) is 1. The molecule has 4 heteroatoms. The molecule has 60 heavy (non-hydrogen) atoms. The van der Waals surface area contributed by atoms with Crippen LogP contribution in [0.4, 0.5) is 0 Å². The van der Waals surface area contributed by atoms with Crippen molar-refractivity contribution >= 4 is 11.0 Å². The summed E-state index contributed by atoms with van der Waals surface area (Å²) in [5.41, 5.74) is 16.3. The molecule has 0 aliphatic rings. The lowest BCUT2D eigenvalue weighted by molar-refractivity contribution is 0.471. The fourth-order valence-electron chi connectivity index (χ4n) is 8.11. The van der Waals surface area contributed by atoms with Crippen LogP contribution in [0.25, 0.3) is 72.7 Å². The number of imidazole rings is 1. The fraction of sp³-hybridized carbons (Fsp3) is 0.250. The van der Waals surface area contributed by atoms with E-state index in [1.165, 1.54) is 11.1 Å². The van der Waals surface area contributed by atoms with Crippen LogP contribution in [-0.4, -0.2) is 19.6 Å². The van der Waals surface area contributed by atoms with Gasteiger partial charge < -0.3 is 5.11 Å². The standard InChI is InChI=1S/C56H57N3O/c1-11-56(9,10)42-25-26-49(46(34-42)38-21-16-13-17-22-38)59-50-24-18-23-45(51(50)58-53(59)47-35-43(54(3,4)5)29-36(2)52(47)60)40-30-41(32-44(31-40)55(6,7)8)48-33-39(27-28-57-48)37-19-14-12-15-20-37/h12-35,60H,11H2,1-10H3. The fourth-order valence-corrected chi connectivity index (χ4v) is 8.11. The molecule has 8 rings (SSSR count). The van der Waals surface area contributed by atoms with Crippen molar-refractivity contribution in [3.63, 3.8) is 0 Å². The van der Waals surface area contributed by atoms with Crippen molar-refractivity contribution in [2.75, 3.05) is 0 Å². The van der Waals surface area contributed by atoms with E-state index in [9.17, 15) is 5.11 Å². The van der Waals surface area contributed by atoms with Gasteiger partial charge in [-0.3, -0.25) is 9.55 Å². The van der Waals surface area contributed by atoms with Crippen molar-refractivity contribution in [1.82, 2.24) is 14.5 Å². The summed E-state index contributed by atoms with van der Waals surface area (Å²) in [6.07, 6.45) is 2.92. The third kappa shape index (κ3) is 7.68. The molecular formula is C56H57N3O. The number of nitrogens with zero attached hydrogens (tertiary/aromatic N) is 3. The quantitative estimate of drug-likeness (QED) is 0.167. The van der Waals surface area contributed by atoms with Crippen LogP contribution in [0.15, 0.2) is 146 Å². The van der Waals surface area contributed by atoms with Gasteiger partial charge in [-0.15, -0.1) is 0 Å². The summed E-state index contributed by atoms with van der Waals surface area (Å²) in [6.45, 7) is 22.3. The van der Waals surface area contributed by atoms with Gasteiger partial charge in [0.2, 0.25) is 0 Å². The Morgan fingerprint density at radius 1 is 0.533 bits per heavy atom. The molecule has 0 saturated carbocycles. The molecule has 0 aliphatic heterocycles. The highest BCUT2D eigenvalue weighted by atomic mass is 16.3. The topological polar surface area (TPSA) is 50.9 Å². The maximum absolute atomic E-state index is 12.0. The number of rotatable bonds is 8. The van der Waals surface area contributed by atoms with Gasteiger partial charge in [-0.1, -0.05) is 153 Å². The Balaban J connectivity index is 1.44. The van der Waals surface area contributed by atoms with Gasteiger partial charge in [-0.05, 0) is 123 Å². The van der Waals surface area contributed by atoms with E-state index >= 15 is 0 Å².